The number of pyridine rings is 1. The highest BCUT2D eigenvalue weighted by atomic mass is 16.5. The molecule has 27 heavy (non-hydrogen) atoms. The number of benzene rings is 1. The smallest absolute Gasteiger partial charge is 0.232 e. The van der Waals surface area contributed by atoms with Crippen LogP contribution in [0.2, 0.25) is 0 Å². The van der Waals surface area contributed by atoms with Crippen LogP contribution >= 0.6 is 0 Å². The lowest BCUT2D eigenvalue weighted by Gasteiger charge is -2.13. The van der Waals surface area contributed by atoms with Crippen molar-refractivity contribution in [1.29, 1.82) is 0 Å². The van der Waals surface area contributed by atoms with Crippen LogP contribution in [-0.4, -0.2) is 42.4 Å². The molecule has 1 amide bonds. The summed E-state index contributed by atoms with van der Waals surface area (Å²) in [6, 6.07) is 6.50. The lowest BCUT2D eigenvalue weighted by Crippen LogP contribution is -2.17. The maximum absolute atomic E-state index is 12.5. The predicted molar refractivity (Wildman–Crippen MR) is 98.9 cm³/mol. The first-order chi connectivity index (χ1) is 13.0. The summed E-state index contributed by atoms with van der Waals surface area (Å²) in [4.78, 5) is 28.9. The average molecular weight is 369 g/mol. The Morgan fingerprint density at radius 3 is 2.37 bits per heavy atom. The molecule has 0 fully saturated rings. The summed E-state index contributed by atoms with van der Waals surface area (Å²) in [5.74, 6) is 0.294. The van der Waals surface area contributed by atoms with Crippen molar-refractivity contribution in [3.05, 3.63) is 48.4 Å². The van der Waals surface area contributed by atoms with Gasteiger partial charge in [-0.25, -0.2) is 4.98 Å². The topological polar surface area (TPSA) is 91.2 Å². The Morgan fingerprint density at radius 1 is 1.04 bits per heavy atom. The first-order valence-electron chi connectivity index (χ1n) is 8.11. The van der Waals surface area contributed by atoms with E-state index in [1.54, 1.807) is 30.7 Å². The Balaban J connectivity index is 1.75. The molecule has 0 aliphatic heterocycles. The number of imidazole rings is 1. The second-order valence-corrected chi connectivity index (χ2v) is 5.67. The van der Waals surface area contributed by atoms with Gasteiger partial charge in [0.1, 0.15) is 5.65 Å². The molecule has 0 radical (unpaired) electrons. The Kier molecular flexibility index (Phi) is 5.25. The van der Waals surface area contributed by atoms with Gasteiger partial charge in [0.2, 0.25) is 11.7 Å². The summed E-state index contributed by atoms with van der Waals surface area (Å²) in [5.41, 5.74) is 1.56. The molecule has 3 rings (SSSR count). The molecule has 2 heterocycles. The minimum absolute atomic E-state index is 0.295. The number of ether oxygens (including phenoxy) is 3. The van der Waals surface area contributed by atoms with Crippen LogP contribution in [0.25, 0.3) is 5.65 Å². The third kappa shape index (κ3) is 3.84. The zero-order chi connectivity index (χ0) is 19.4. The molecule has 1 N–H and O–H groups in total. The third-order valence-electron chi connectivity index (χ3n) is 3.99. The first-order valence-corrected chi connectivity index (χ1v) is 8.11. The summed E-state index contributed by atoms with van der Waals surface area (Å²) in [7, 11) is 4.40. The molecule has 8 heteroatoms. The van der Waals surface area contributed by atoms with Gasteiger partial charge in [-0.05, 0) is 18.2 Å². The van der Waals surface area contributed by atoms with Crippen molar-refractivity contribution in [2.24, 2.45) is 0 Å². The number of rotatable bonds is 7. The van der Waals surface area contributed by atoms with Gasteiger partial charge in [-0.1, -0.05) is 0 Å². The van der Waals surface area contributed by atoms with E-state index in [9.17, 15) is 9.59 Å². The largest absolute Gasteiger partial charge is 0.493 e. The first kappa shape index (κ1) is 18.2. The van der Waals surface area contributed by atoms with Crippen molar-refractivity contribution in [3.63, 3.8) is 0 Å². The lowest BCUT2D eigenvalue weighted by atomic mass is 10.1. The SMILES string of the molecule is COc1cc(C(=O)CC(=O)Nc2ccn3ccnc3c2)cc(OC)c1OC. The monoisotopic (exact) mass is 369 g/mol. The minimum Gasteiger partial charge on any atom is -0.493 e. The van der Waals surface area contributed by atoms with Gasteiger partial charge in [0, 0.05) is 35.9 Å². The lowest BCUT2D eigenvalue weighted by molar-refractivity contribution is -0.115. The van der Waals surface area contributed by atoms with Crippen LogP contribution in [0.15, 0.2) is 42.9 Å². The number of methoxy groups -OCH3 is 3. The molecule has 0 unspecified atom stereocenters. The van der Waals surface area contributed by atoms with Crippen molar-refractivity contribution in [1.82, 2.24) is 9.38 Å². The molecule has 8 nitrogen and oxygen atoms in total. The zero-order valence-electron chi connectivity index (χ0n) is 15.2. The van der Waals surface area contributed by atoms with Crippen LogP contribution in [0, 0.1) is 0 Å². The molecule has 2 aromatic heterocycles. The van der Waals surface area contributed by atoms with Crippen LogP contribution in [-0.2, 0) is 4.79 Å². The number of ketones is 1. The number of anilines is 1. The quantitative estimate of drug-likeness (QED) is 0.508. The molecule has 0 spiro atoms. The van der Waals surface area contributed by atoms with Crippen LogP contribution in [0.3, 0.4) is 0 Å². The second-order valence-electron chi connectivity index (χ2n) is 5.67. The predicted octanol–water partition coefficient (Wildman–Crippen LogP) is 2.57. The Labute approximate surface area is 155 Å². The van der Waals surface area contributed by atoms with Crippen molar-refractivity contribution >= 4 is 23.0 Å². The number of nitrogens with zero attached hydrogens (tertiary/aromatic N) is 2. The van der Waals surface area contributed by atoms with Crippen LogP contribution in [0.4, 0.5) is 5.69 Å². The van der Waals surface area contributed by atoms with E-state index in [-0.39, 0.29) is 12.2 Å². The molecule has 140 valence electrons. The number of carbonyl (C=O) groups is 2. The van der Waals surface area contributed by atoms with E-state index in [4.69, 9.17) is 14.2 Å². The number of nitrogens with one attached hydrogen (secondary N) is 1. The number of hydrogen-bond acceptors (Lipinski definition) is 6. The van der Waals surface area contributed by atoms with E-state index in [0.717, 1.165) is 0 Å². The molecule has 3 aromatic rings. The van der Waals surface area contributed by atoms with Gasteiger partial charge in [0.05, 0.1) is 27.8 Å². The third-order valence-corrected chi connectivity index (χ3v) is 3.99. The maximum atomic E-state index is 12.5. The number of amides is 1. The molecule has 0 aliphatic rings. The fraction of sp³-hybridized carbons (Fsp3) is 0.211. The Bertz CT molecular complexity index is 971. The van der Waals surface area contributed by atoms with E-state index in [2.05, 4.69) is 10.3 Å². The average Bonchev–Trinajstić information content (AvgIpc) is 3.14. The van der Waals surface area contributed by atoms with Crippen molar-refractivity contribution in [3.8, 4) is 17.2 Å². The van der Waals surface area contributed by atoms with Crippen LogP contribution < -0.4 is 19.5 Å². The van der Waals surface area contributed by atoms with Crippen molar-refractivity contribution in [2.45, 2.75) is 6.42 Å². The van der Waals surface area contributed by atoms with Gasteiger partial charge in [-0.3, -0.25) is 9.59 Å². The van der Waals surface area contributed by atoms with E-state index >= 15 is 0 Å². The summed E-state index contributed by atoms with van der Waals surface area (Å²) >= 11 is 0. The van der Waals surface area contributed by atoms with E-state index in [1.807, 2.05) is 4.40 Å². The van der Waals surface area contributed by atoms with Gasteiger partial charge >= 0.3 is 0 Å². The molecular weight excluding hydrogens is 350 g/mol. The van der Waals surface area contributed by atoms with Crippen molar-refractivity contribution in [2.75, 3.05) is 26.6 Å². The van der Waals surface area contributed by atoms with Gasteiger partial charge in [-0.15, -0.1) is 0 Å². The van der Waals surface area contributed by atoms with Gasteiger partial charge in [0.25, 0.3) is 0 Å². The van der Waals surface area contributed by atoms with Gasteiger partial charge in [-0.2, -0.15) is 0 Å². The summed E-state index contributed by atoms with van der Waals surface area (Å²) in [6.45, 7) is 0. The van der Waals surface area contributed by atoms with Gasteiger partial charge < -0.3 is 23.9 Å². The molecule has 0 saturated carbocycles. The van der Waals surface area contributed by atoms with E-state index in [1.165, 1.54) is 33.5 Å². The van der Waals surface area contributed by atoms with Crippen molar-refractivity contribution < 1.29 is 23.8 Å². The van der Waals surface area contributed by atoms with Crippen LogP contribution in [0.5, 0.6) is 17.2 Å². The fourth-order valence-electron chi connectivity index (χ4n) is 2.68. The van der Waals surface area contributed by atoms with Gasteiger partial charge in [0.15, 0.2) is 17.3 Å². The Hall–Kier alpha value is -3.55. The summed E-state index contributed by atoms with van der Waals surface area (Å²) in [5, 5.41) is 2.70. The number of aromatic nitrogens is 2. The number of fused-ring (bicyclic) bond motifs is 1. The highest BCUT2D eigenvalue weighted by Gasteiger charge is 2.19. The van der Waals surface area contributed by atoms with E-state index in [0.29, 0.717) is 34.1 Å². The maximum Gasteiger partial charge on any atom is 0.232 e. The molecule has 0 atom stereocenters. The van der Waals surface area contributed by atoms with Crippen LogP contribution in [0.1, 0.15) is 16.8 Å². The molecule has 0 bridgehead atoms. The number of Topliss-reactive ketones (excluding diaryl/α,β-unsaturated/α-hetero) is 1. The second kappa shape index (κ2) is 7.77. The molecule has 1 aromatic carbocycles. The molecule has 0 saturated heterocycles. The fourth-order valence-corrected chi connectivity index (χ4v) is 2.68. The number of carbonyl (C=O) groups excluding carboxylic acids is 2. The summed E-state index contributed by atoms with van der Waals surface area (Å²) in [6.07, 6.45) is 4.92. The number of hydrogen-bond donors (Lipinski definition) is 1. The minimum atomic E-state index is -0.426. The molecular formula is C19H19N3O5. The summed E-state index contributed by atoms with van der Waals surface area (Å²) < 4.78 is 17.5. The zero-order valence-corrected chi connectivity index (χ0v) is 15.2. The highest BCUT2D eigenvalue weighted by molar-refractivity contribution is 6.11. The van der Waals surface area contributed by atoms with E-state index < -0.39 is 5.91 Å². The standard InChI is InChI=1S/C19H19N3O5/c1-25-15-8-12(9-16(26-2)19(15)27-3)14(23)11-18(24)21-13-4-6-22-7-5-20-17(22)10-13/h4-10H,11H2,1-3H3,(H,21,24). The Morgan fingerprint density at radius 2 is 1.74 bits per heavy atom. The molecule has 0 aliphatic carbocycles. The normalized spacial score (nSPS) is 10.5. The highest BCUT2D eigenvalue weighted by Crippen LogP contribution is 2.38.